The zero-order chi connectivity index (χ0) is 20.5. The van der Waals surface area contributed by atoms with Crippen LogP contribution in [0, 0.1) is 0 Å². The zero-order valence-electron chi connectivity index (χ0n) is 14.6. The Bertz CT molecular complexity index is 1080. The summed E-state index contributed by atoms with van der Waals surface area (Å²) in [6.45, 7) is -0.208. The van der Waals surface area contributed by atoms with Crippen molar-refractivity contribution < 1.29 is 17.6 Å². The minimum Gasteiger partial charge on any atom is -0.327 e. The van der Waals surface area contributed by atoms with E-state index in [2.05, 4.69) is 15.2 Å². The van der Waals surface area contributed by atoms with Crippen LogP contribution in [0.1, 0.15) is 5.69 Å². The van der Waals surface area contributed by atoms with Crippen LogP contribution in [-0.4, -0.2) is 35.7 Å². The van der Waals surface area contributed by atoms with Gasteiger partial charge >= 0.3 is 11.9 Å². The molecule has 0 aromatic carbocycles. The lowest BCUT2D eigenvalue weighted by Crippen LogP contribution is -2.26. The Morgan fingerprint density at radius 3 is 2.68 bits per heavy atom. The van der Waals surface area contributed by atoms with E-state index in [1.807, 2.05) is 0 Å². The summed E-state index contributed by atoms with van der Waals surface area (Å²) in [6.07, 6.45) is -3.09. The Hall–Kier alpha value is -3.28. The van der Waals surface area contributed by atoms with Gasteiger partial charge in [0.2, 0.25) is 0 Å². The lowest BCUT2D eigenvalue weighted by molar-refractivity contribution is -0.141. The number of aryl methyl sites for hydroxylation is 1. The topological polar surface area (TPSA) is 96.5 Å². The van der Waals surface area contributed by atoms with Gasteiger partial charge in [0.25, 0.3) is 0 Å². The predicted octanol–water partition coefficient (Wildman–Crippen LogP) is 1.66. The molecule has 3 rings (SSSR count). The van der Waals surface area contributed by atoms with E-state index >= 15 is 0 Å². The number of hydrogen-bond acceptors (Lipinski definition) is 5. The molecule has 12 heteroatoms. The van der Waals surface area contributed by atoms with Crippen LogP contribution in [0.3, 0.4) is 0 Å². The van der Waals surface area contributed by atoms with Gasteiger partial charge < -0.3 is 5.73 Å². The van der Waals surface area contributed by atoms with E-state index in [0.717, 1.165) is 20.0 Å². The molecule has 0 spiro atoms. The fraction of sp³-hybridized carbons (Fsp3) is 0.250. The maximum atomic E-state index is 12.9. The van der Waals surface area contributed by atoms with Crippen LogP contribution in [0.5, 0.6) is 0 Å². The predicted molar refractivity (Wildman–Crippen MR) is 91.1 cm³/mol. The maximum Gasteiger partial charge on any atom is 0.435 e. The normalized spacial score (nSPS) is 12.6. The molecule has 0 saturated carbocycles. The molecule has 0 aliphatic carbocycles. The summed E-state index contributed by atoms with van der Waals surface area (Å²) >= 11 is 0. The van der Waals surface area contributed by atoms with E-state index in [4.69, 9.17) is 5.73 Å². The molecule has 28 heavy (non-hydrogen) atoms. The molecule has 8 nitrogen and oxygen atoms in total. The third-order valence-corrected chi connectivity index (χ3v) is 3.92. The fourth-order valence-electron chi connectivity index (χ4n) is 2.48. The van der Waals surface area contributed by atoms with E-state index in [0.29, 0.717) is 6.33 Å². The number of pyridine rings is 1. The van der Waals surface area contributed by atoms with Gasteiger partial charge in [-0.25, -0.2) is 23.4 Å². The third-order valence-electron chi connectivity index (χ3n) is 3.92. The zero-order valence-corrected chi connectivity index (χ0v) is 14.6. The molecule has 0 amide bonds. The Morgan fingerprint density at radius 2 is 2.07 bits per heavy atom. The molecule has 3 aromatic rings. The lowest BCUT2D eigenvalue weighted by Gasteiger charge is -2.05. The Labute approximate surface area is 155 Å². The first-order valence-corrected chi connectivity index (χ1v) is 7.96. The summed E-state index contributed by atoms with van der Waals surface area (Å²) in [5, 5.41) is 7.33. The quantitative estimate of drug-likeness (QED) is 0.661. The van der Waals surface area contributed by atoms with Crippen molar-refractivity contribution in [3.63, 3.8) is 0 Å². The van der Waals surface area contributed by atoms with Crippen molar-refractivity contribution in [3.05, 3.63) is 58.7 Å². The van der Waals surface area contributed by atoms with Crippen molar-refractivity contribution in [1.82, 2.24) is 29.1 Å². The number of nitrogens with zero attached hydrogens (tertiary/aromatic N) is 6. The molecule has 3 heterocycles. The molecule has 0 aliphatic rings. The molecule has 0 atom stereocenters. The van der Waals surface area contributed by atoms with Crippen LogP contribution in [0.4, 0.5) is 17.6 Å². The first-order valence-electron chi connectivity index (χ1n) is 7.96. The van der Waals surface area contributed by atoms with Crippen LogP contribution in [0.2, 0.25) is 0 Å². The number of halogens is 4. The number of nitrogens with two attached hydrogens (primary N) is 1. The molecule has 3 aromatic heterocycles. The van der Waals surface area contributed by atoms with Gasteiger partial charge in [0.15, 0.2) is 5.69 Å². The van der Waals surface area contributed by atoms with E-state index in [1.54, 1.807) is 0 Å². The van der Waals surface area contributed by atoms with E-state index < -0.39 is 17.6 Å². The van der Waals surface area contributed by atoms with Gasteiger partial charge in [-0.1, -0.05) is 6.07 Å². The Kier molecular flexibility index (Phi) is 5.14. The van der Waals surface area contributed by atoms with Gasteiger partial charge in [0.05, 0.1) is 24.3 Å². The monoisotopic (exact) mass is 397 g/mol. The summed E-state index contributed by atoms with van der Waals surface area (Å²) in [6, 6.07) is 5.40. The number of hydrogen-bond donors (Lipinski definition) is 1. The molecule has 0 fully saturated rings. The largest absolute Gasteiger partial charge is 0.435 e. The first-order chi connectivity index (χ1) is 13.2. The second kappa shape index (κ2) is 7.38. The smallest absolute Gasteiger partial charge is 0.327 e. The highest BCUT2D eigenvalue weighted by molar-refractivity contribution is 5.56. The van der Waals surface area contributed by atoms with Crippen molar-refractivity contribution in [2.75, 3.05) is 6.54 Å². The molecule has 0 aliphatic heterocycles. The van der Waals surface area contributed by atoms with Crippen molar-refractivity contribution in [2.24, 2.45) is 12.8 Å². The third kappa shape index (κ3) is 3.71. The van der Waals surface area contributed by atoms with E-state index in [9.17, 15) is 22.4 Å². The van der Waals surface area contributed by atoms with Gasteiger partial charge in [0.1, 0.15) is 12.1 Å². The minimum atomic E-state index is -4.59. The average Bonchev–Trinajstić information content (AvgIpc) is 3.22. The summed E-state index contributed by atoms with van der Waals surface area (Å²) < 4.78 is 54.4. The highest BCUT2D eigenvalue weighted by Crippen LogP contribution is 2.31. The molecule has 148 valence electrons. The summed E-state index contributed by atoms with van der Waals surface area (Å²) in [5.41, 5.74) is 4.21. The van der Waals surface area contributed by atoms with Crippen LogP contribution in [0.25, 0.3) is 17.2 Å². The summed E-state index contributed by atoms with van der Waals surface area (Å²) in [5.74, 6) is 0.141. The van der Waals surface area contributed by atoms with Gasteiger partial charge in [-0.3, -0.25) is 4.68 Å². The molecule has 0 saturated heterocycles. The van der Waals surface area contributed by atoms with Crippen molar-refractivity contribution in [1.29, 1.82) is 0 Å². The molecular weight excluding hydrogens is 382 g/mol. The van der Waals surface area contributed by atoms with E-state index in [1.165, 1.54) is 31.6 Å². The van der Waals surface area contributed by atoms with Crippen LogP contribution in [0.15, 0.2) is 47.3 Å². The number of alkyl halides is 3. The maximum absolute atomic E-state index is 12.9. The van der Waals surface area contributed by atoms with Crippen molar-refractivity contribution >= 4 is 0 Å². The summed E-state index contributed by atoms with van der Waals surface area (Å²) in [4.78, 5) is 16.7. The lowest BCUT2D eigenvalue weighted by atomic mass is 10.2. The van der Waals surface area contributed by atoms with Crippen molar-refractivity contribution in [2.45, 2.75) is 12.7 Å². The van der Waals surface area contributed by atoms with E-state index in [-0.39, 0.29) is 35.9 Å². The highest BCUT2D eigenvalue weighted by atomic mass is 19.4. The second-order valence-electron chi connectivity index (χ2n) is 5.83. The molecular formula is C16H15F4N7O. The van der Waals surface area contributed by atoms with Crippen LogP contribution >= 0.6 is 0 Å². The number of aromatic nitrogens is 6. The Balaban J connectivity index is 1.99. The van der Waals surface area contributed by atoms with Crippen LogP contribution in [-0.2, 0) is 19.8 Å². The van der Waals surface area contributed by atoms with Gasteiger partial charge in [-0.15, -0.1) is 0 Å². The number of rotatable bonds is 5. The standard InChI is InChI=1S/C16H15F4N7O/c1-25-12(5-13(24-25)16(18,19)20)11-3-2-4-14(23-11)26-9-22-27(15(26)28)8-10(6-17)7-21/h2-6,9H,7-8,21H2,1H3/b10-6+. The molecule has 2 N–H and O–H groups in total. The summed E-state index contributed by atoms with van der Waals surface area (Å²) in [7, 11) is 1.36. The fourth-order valence-corrected chi connectivity index (χ4v) is 2.48. The van der Waals surface area contributed by atoms with Gasteiger partial charge in [-0.2, -0.15) is 23.4 Å². The van der Waals surface area contributed by atoms with Gasteiger partial charge in [0, 0.05) is 13.6 Å². The average molecular weight is 397 g/mol. The SMILES string of the molecule is Cn1nc(C(F)(F)F)cc1-c1cccc(-n2cnn(C/C(=C/F)CN)c2=O)n1. The minimum absolute atomic E-state index is 0.0778. The molecule has 0 bridgehead atoms. The van der Waals surface area contributed by atoms with Gasteiger partial charge in [-0.05, 0) is 23.8 Å². The van der Waals surface area contributed by atoms with Crippen molar-refractivity contribution in [3.8, 4) is 17.2 Å². The molecule has 0 unspecified atom stereocenters. The Morgan fingerprint density at radius 1 is 1.32 bits per heavy atom. The highest BCUT2D eigenvalue weighted by Gasteiger charge is 2.34. The first kappa shape index (κ1) is 19.5. The second-order valence-corrected chi connectivity index (χ2v) is 5.83. The molecule has 0 radical (unpaired) electrons. The van der Waals surface area contributed by atoms with Crippen LogP contribution < -0.4 is 11.4 Å².